The zero-order valence-electron chi connectivity index (χ0n) is 16.3. The van der Waals surface area contributed by atoms with Crippen molar-refractivity contribution in [2.24, 2.45) is 5.92 Å². The molecule has 4 rings (SSSR count). The van der Waals surface area contributed by atoms with Gasteiger partial charge in [0.2, 0.25) is 5.91 Å². The number of nitrogens with one attached hydrogen (secondary N) is 1. The number of amides is 1. The first-order valence-corrected chi connectivity index (χ1v) is 10.5. The van der Waals surface area contributed by atoms with Crippen LogP contribution in [-0.4, -0.2) is 11.7 Å². The second-order valence-corrected chi connectivity index (χ2v) is 8.59. The number of ketones is 1. The molecule has 0 fully saturated rings. The molecule has 150 valence electrons. The second-order valence-electron chi connectivity index (χ2n) is 7.74. The van der Waals surface area contributed by atoms with Crippen LogP contribution >= 0.6 is 23.2 Å². The van der Waals surface area contributed by atoms with Crippen LogP contribution < -0.4 is 10.2 Å². The first-order valence-electron chi connectivity index (χ1n) is 9.78. The Hall–Kier alpha value is -2.30. The molecule has 29 heavy (non-hydrogen) atoms. The van der Waals surface area contributed by atoms with Gasteiger partial charge in [0.1, 0.15) is 0 Å². The van der Waals surface area contributed by atoms with Gasteiger partial charge in [-0.15, -0.1) is 0 Å². The fourth-order valence-corrected chi connectivity index (χ4v) is 4.58. The fraction of sp³-hybridized carbons (Fsp3) is 0.304. The molecule has 0 radical (unpaired) electrons. The average molecular weight is 429 g/mol. The van der Waals surface area contributed by atoms with Gasteiger partial charge in [0.15, 0.2) is 5.78 Å². The number of halogens is 2. The third-order valence-corrected chi connectivity index (χ3v) is 5.99. The predicted molar refractivity (Wildman–Crippen MR) is 117 cm³/mol. The van der Waals surface area contributed by atoms with E-state index in [1.165, 1.54) is 0 Å². The molecule has 1 heterocycles. The van der Waals surface area contributed by atoms with E-state index in [0.29, 0.717) is 27.6 Å². The molecule has 1 amide bonds. The minimum absolute atomic E-state index is 0.0455. The summed E-state index contributed by atoms with van der Waals surface area (Å²) in [7, 11) is 0. The van der Waals surface area contributed by atoms with Crippen LogP contribution in [-0.2, 0) is 9.59 Å². The lowest BCUT2D eigenvalue weighted by atomic mass is 9.85. The quantitative estimate of drug-likeness (QED) is 0.623. The summed E-state index contributed by atoms with van der Waals surface area (Å²) in [6.45, 7) is 3.73. The highest BCUT2D eigenvalue weighted by molar-refractivity contribution is 6.35. The average Bonchev–Trinajstić information content (AvgIpc) is 2.82. The van der Waals surface area contributed by atoms with Crippen LogP contribution in [0.2, 0.25) is 10.0 Å². The lowest BCUT2D eigenvalue weighted by Gasteiger charge is -2.35. The Morgan fingerprint density at radius 3 is 2.62 bits per heavy atom. The van der Waals surface area contributed by atoms with Crippen LogP contribution in [0, 0.1) is 5.92 Å². The van der Waals surface area contributed by atoms with Gasteiger partial charge in [-0.3, -0.25) is 14.5 Å². The Morgan fingerprint density at radius 1 is 1.14 bits per heavy atom. The number of anilines is 2. The zero-order chi connectivity index (χ0) is 20.7. The molecule has 2 aliphatic rings. The first kappa shape index (κ1) is 20.0. The smallest absolute Gasteiger partial charge is 0.230 e. The standard InChI is InChI=1S/C23H22Cl2N2O2/c1-13(2)23(29)27-19-8-4-3-6-17(19)26-18-7-5-9-20(28)21(18)22(27)15-11-10-14(24)12-16(15)25/h3-4,6,8,10-13,22,26H,5,7,9H2,1-2H3/t22-/m0/s1. The normalized spacial score (nSPS) is 18.9. The maximum Gasteiger partial charge on any atom is 0.230 e. The molecule has 1 N–H and O–H groups in total. The number of carbonyl (C=O) groups excluding carboxylic acids is 2. The SMILES string of the molecule is CC(C)C(=O)N1c2ccccc2NC2=C(C(=O)CCC2)[C@@H]1c1ccc(Cl)cc1Cl. The van der Waals surface area contributed by atoms with E-state index in [1.54, 1.807) is 17.0 Å². The van der Waals surface area contributed by atoms with Crippen LogP contribution in [0.1, 0.15) is 44.7 Å². The first-order chi connectivity index (χ1) is 13.9. The number of carbonyl (C=O) groups is 2. The number of benzene rings is 2. The van der Waals surface area contributed by atoms with Crippen molar-refractivity contribution in [1.29, 1.82) is 0 Å². The monoisotopic (exact) mass is 428 g/mol. The molecule has 2 aromatic rings. The molecular weight excluding hydrogens is 407 g/mol. The van der Waals surface area contributed by atoms with Crippen molar-refractivity contribution in [2.75, 3.05) is 10.2 Å². The Balaban J connectivity index is 2.04. The van der Waals surface area contributed by atoms with Gasteiger partial charge in [-0.1, -0.05) is 55.2 Å². The van der Waals surface area contributed by atoms with Crippen molar-refractivity contribution in [3.63, 3.8) is 0 Å². The van der Waals surface area contributed by atoms with Crippen LogP contribution in [0.25, 0.3) is 0 Å². The van der Waals surface area contributed by atoms with Crippen LogP contribution in [0.4, 0.5) is 11.4 Å². The van der Waals surface area contributed by atoms with Crippen molar-refractivity contribution in [3.05, 3.63) is 69.3 Å². The zero-order valence-corrected chi connectivity index (χ0v) is 17.8. The highest BCUT2D eigenvalue weighted by Gasteiger charge is 2.40. The summed E-state index contributed by atoms with van der Waals surface area (Å²) >= 11 is 12.7. The van der Waals surface area contributed by atoms with Crippen molar-refractivity contribution in [1.82, 2.24) is 0 Å². The fourth-order valence-electron chi connectivity index (χ4n) is 4.07. The topological polar surface area (TPSA) is 49.4 Å². The number of hydrogen-bond donors (Lipinski definition) is 1. The summed E-state index contributed by atoms with van der Waals surface area (Å²) in [5.74, 6) is -0.274. The van der Waals surface area contributed by atoms with E-state index in [9.17, 15) is 9.59 Å². The van der Waals surface area contributed by atoms with E-state index in [-0.39, 0.29) is 17.6 Å². The van der Waals surface area contributed by atoms with Gasteiger partial charge in [0, 0.05) is 33.7 Å². The molecule has 0 aromatic heterocycles. The molecule has 0 bridgehead atoms. The Bertz CT molecular complexity index is 1030. The number of Topliss-reactive ketones (excluding diaryl/α,β-unsaturated/α-hetero) is 1. The Kier molecular flexibility index (Phi) is 5.41. The Labute approximate surface area is 180 Å². The van der Waals surface area contributed by atoms with Crippen LogP contribution in [0.3, 0.4) is 0 Å². The number of fused-ring (bicyclic) bond motifs is 1. The molecule has 0 saturated carbocycles. The second kappa shape index (κ2) is 7.85. The third-order valence-electron chi connectivity index (χ3n) is 5.43. The van der Waals surface area contributed by atoms with Gasteiger partial charge in [-0.25, -0.2) is 0 Å². The molecule has 6 heteroatoms. The molecule has 0 spiro atoms. The van der Waals surface area contributed by atoms with Crippen molar-refractivity contribution < 1.29 is 9.59 Å². The Morgan fingerprint density at radius 2 is 1.90 bits per heavy atom. The number of para-hydroxylation sites is 2. The maximum absolute atomic E-state index is 13.5. The van der Waals surface area contributed by atoms with Crippen LogP contribution in [0.15, 0.2) is 53.7 Å². The lowest BCUT2D eigenvalue weighted by Crippen LogP contribution is -2.40. The van der Waals surface area contributed by atoms with E-state index in [0.717, 1.165) is 29.9 Å². The lowest BCUT2D eigenvalue weighted by molar-refractivity contribution is -0.121. The van der Waals surface area contributed by atoms with Gasteiger partial charge in [-0.05, 0) is 42.7 Å². The highest BCUT2D eigenvalue weighted by Crippen LogP contribution is 2.46. The summed E-state index contributed by atoms with van der Waals surface area (Å²) in [4.78, 5) is 28.3. The van der Waals surface area contributed by atoms with E-state index in [2.05, 4.69) is 5.32 Å². The third kappa shape index (κ3) is 3.56. The summed E-state index contributed by atoms with van der Waals surface area (Å²) in [6, 6.07) is 12.3. The number of rotatable bonds is 2. The van der Waals surface area contributed by atoms with Crippen molar-refractivity contribution in [3.8, 4) is 0 Å². The van der Waals surface area contributed by atoms with E-state index in [4.69, 9.17) is 23.2 Å². The van der Waals surface area contributed by atoms with Gasteiger partial charge in [-0.2, -0.15) is 0 Å². The summed E-state index contributed by atoms with van der Waals surface area (Å²) in [5.41, 5.74) is 3.74. The number of hydrogen-bond acceptors (Lipinski definition) is 3. The van der Waals surface area contributed by atoms with E-state index in [1.807, 2.05) is 44.2 Å². The predicted octanol–water partition coefficient (Wildman–Crippen LogP) is 6.16. The van der Waals surface area contributed by atoms with Gasteiger partial charge in [0.05, 0.1) is 17.4 Å². The van der Waals surface area contributed by atoms with Crippen molar-refractivity contribution >= 4 is 46.3 Å². The minimum atomic E-state index is -0.603. The maximum atomic E-state index is 13.5. The molecule has 2 aromatic carbocycles. The molecular formula is C23H22Cl2N2O2. The molecule has 4 nitrogen and oxygen atoms in total. The van der Waals surface area contributed by atoms with Crippen LogP contribution in [0.5, 0.6) is 0 Å². The minimum Gasteiger partial charge on any atom is -0.357 e. The largest absolute Gasteiger partial charge is 0.357 e. The van der Waals surface area contributed by atoms with E-state index < -0.39 is 6.04 Å². The summed E-state index contributed by atoms with van der Waals surface area (Å²) in [5, 5.41) is 4.39. The molecule has 0 unspecified atom stereocenters. The van der Waals surface area contributed by atoms with E-state index >= 15 is 0 Å². The highest BCUT2D eigenvalue weighted by atomic mass is 35.5. The molecule has 1 aliphatic carbocycles. The molecule has 1 aliphatic heterocycles. The summed E-state index contributed by atoms with van der Waals surface area (Å²) < 4.78 is 0. The molecule has 1 atom stereocenters. The van der Waals surface area contributed by atoms with Gasteiger partial charge < -0.3 is 5.32 Å². The number of nitrogens with zero attached hydrogens (tertiary/aromatic N) is 1. The van der Waals surface area contributed by atoms with Gasteiger partial charge >= 0.3 is 0 Å². The molecule has 0 saturated heterocycles. The van der Waals surface area contributed by atoms with Gasteiger partial charge in [0.25, 0.3) is 0 Å². The summed E-state index contributed by atoms with van der Waals surface area (Å²) in [6.07, 6.45) is 2.00. The van der Waals surface area contributed by atoms with Crippen molar-refractivity contribution in [2.45, 2.75) is 39.2 Å². The number of allylic oxidation sites excluding steroid dienone is 1.